The van der Waals surface area contributed by atoms with Gasteiger partial charge in [0.25, 0.3) is 0 Å². The molecule has 0 aliphatic carbocycles. The largest absolute Gasteiger partial charge is 0.234 e. The van der Waals surface area contributed by atoms with E-state index in [0.29, 0.717) is 5.56 Å². The first-order valence-electron chi connectivity index (χ1n) is 9.61. The number of hydrogen-bond donors (Lipinski definition) is 0. The predicted octanol–water partition coefficient (Wildman–Crippen LogP) is 5.12. The molecule has 0 aliphatic heterocycles. The highest BCUT2D eigenvalue weighted by atomic mass is 15.2. The molecule has 0 radical (unpaired) electrons. The van der Waals surface area contributed by atoms with Crippen LogP contribution in [0.25, 0.3) is 16.8 Å². The minimum atomic E-state index is 0.697. The molecule has 0 saturated heterocycles. The van der Waals surface area contributed by atoms with Gasteiger partial charge in [0.1, 0.15) is 0 Å². The van der Waals surface area contributed by atoms with Gasteiger partial charge in [0.2, 0.25) is 0 Å². The summed E-state index contributed by atoms with van der Waals surface area (Å²) < 4.78 is 1.89. The molecule has 4 aromatic rings. The van der Waals surface area contributed by atoms with Crippen LogP contribution in [0.2, 0.25) is 0 Å². The Kier molecular flexibility index (Phi) is 4.90. The summed E-state index contributed by atoms with van der Waals surface area (Å²) >= 11 is 0. The van der Waals surface area contributed by atoms with Crippen LogP contribution in [-0.4, -0.2) is 14.6 Å². The predicted molar refractivity (Wildman–Crippen MR) is 111 cm³/mol. The number of fused-ring (bicyclic) bond motifs is 1. The van der Waals surface area contributed by atoms with Crippen molar-refractivity contribution in [1.82, 2.24) is 14.6 Å². The van der Waals surface area contributed by atoms with Gasteiger partial charge in [0, 0.05) is 23.9 Å². The van der Waals surface area contributed by atoms with Crippen molar-refractivity contribution in [3.05, 3.63) is 88.9 Å². The zero-order valence-electron chi connectivity index (χ0n) is 16.2. The monoisotopic (exact) mass is 366 g/mol. The second-order valence-corrected chi connectivity index (χ2v) is 7.04. The summed E-state index contributed by atoms with van der Waals surface area (Å²) in [5, 5.41) is 14.1. The highest BCUT2D eigenvalue weighted by Gasteiger charge is 2.14. The van der Waals surface area contributed by atoms with Crippen molar-refractivity contribution in [1.29, 1.82) is 5.26 Å². The van der Waals surface area contributed by atoms with E-state index >= 15 is 0 Å². The highest BCUT2D eigenvalue weighted by Crippen LogP contribution is 2.25. The van der Waals surface area contributed by atoms with Gasteiger partial charge in [-0.25, -0.2) is 9.50 Å². The van der Waals surface area contributed by atoms with Crippen LogP contribution < -0.4 is 0 Å². The quantitative estimate of drug-likeness (QED) is 0.492. The Morgan fingerprint density at radius 1 is 1.04 bits per heavy atom. The Bertz CT molecular complexity index is 1160. The molecule has 0 saturated carbocycles. The molecule has 138 valence electrons. The van der Waals surface area contributed by atoms with Crippen LogP contribution in [0.5, 0.6) is 0 Å². The van der Waals surface area contributed by atoms with E-state index in [0.717, 1.165) is 47.4 Å². The summed E-state index contributed by atoms with van der Waals surface area (Å²) in [5.41, 5.74) is 8.22. The van der Waals surface area contributed by atoms with Crippen molar-refractivity contribution in [2.24, 2.45) is 0 Å². The van der Waals surface area contributed by atoms with Crippen molar-refractivity contribution >= 4 is 5.65 Å². The van der Waals surface area contributed by atoms with E-state index < -0.39 is 0 Å². The zero-order chi connectivity index (χ0) is 19.5. The fraction of sp³-hybridized carbons (Fsp3) is 0.208. The lowest BCUT2D eigenvalue weighted by Gasteiger charge is -2.07. The Morgan fingerprint density at radius 3 is 2.57 bits per heavy atom. The molecule has 0 atom stereocenters. The van der Waals surface area contributed by atoms with Crippen molar-refractivity contribution in [3.63, 3.8) is 0 Å². The molecule has 4 heteroatoms. The summed E-state index contributed by atoms with van der Waals surface area (Å²) in [6.07, 6.45) is 4.79. The Labute approximate surface area is 165 Å². The molecule has 0 aliphatic rings. The van der Waals surface area contributed by atoms with Gasteiger partial charge >= 0.3 is 0 Å². The Hall–Kier alpha value is -3.45. The third-order valence-electron chi connectivity index (χ3n) is 4.98. The van der Waals surface area contributed by atoms with Gasteiger partial charge in [-0.1, -0.05) is 55.8 Å². The van der Waals surface area contributed by atoms with Crippen molar-refractivity contribution in [3.8, 4) is 17.2 Å². The van der Waals surface area contributed by atoms with Crippen LogP contribution in [0.3, 0.4) is 0 Å². The molecule has 0 fully saturated rings. The molecule has 0 spiro atoms. The van der Waals surface area contributed by atoms with Crippen LogP contribution in [-0.2, 0) is 12.8 Å². The molecule has 4 rings (SSSR count). The summed E-state index contributed by atoms with van der Waals surface area (Å²) in [6.45, 7) is 4.19. The molecule has 4 nitrogen and oxygen atoms in total. The second kappa shape index (κ2) is 7.66. The third-order valence-corrected chi connectivity index (χ3v) is 4.98. The van der Waals surface area contributed by atoms with Crippen LogP contribution in [0.4, 0.5) is 0 Å². The summed E-state index contributed by atoms with van der Waals surface area (Å²) in [5.74, 6) is 0. The standard InChI is InChI=1S/C24H22N4/c1-3-6-23-22(24-26-17(2)13-14-28(24)27-23)15-18-9-11-19(12-10-18)21-8-5-4-7-20(21)16-25/h4-5,7-14H,3,6,15H2,1-2H3. The molecule has 2 heterocycles. The maximum atomic E-state index is 9.34. The number of nitrogens with zero attached hydrogens (tertiary/aromatic N) is 4. The molecule has 0 N–H and O–H groups in total. The van der Waals surface area contributed by atoms with Crippen LogP contribution in [0, 0.1) is 18.3 Å². The lowest BCUT2D eigenvalue weighted by Crippen LogP contribution is -1.95. The second-order valence-electron chi connectivity index (χ2n) is 7.04. The third kappa shape index (κ3) is 3.39. The summed E-state index contributed by atoms with van der Waals surface area (Å²) in [7, 11) is 0. The van der Waals surface area contributed by atoms with Crippen molar-refractivity contribution < 1.29 is 0 Å². The number of benzene rings is 2. The topological polar surface area (TPSA) is 54.0 Å². The van der Waals surface area contributed by atoms with Gasteiger partial charge in [-0.2, -0.15) is 10.4 Å². The van der Waals surface area contributed by atoms with Crippen LogP contribution >= 0.6 is 0 Å². The van der Waals surface area contributed by atoms with E-state index in [9.17, 15) is 5.26 Å². The first-order chi connectivity index (χ1) is 13.7. The molecule has 2 aromatic carbocycles. The Morgan fingerprint density at radius 2 is 1.82 bits per heavy atom. The molecule has 0 amide bonds. The highest BCUT2D eigenvalue weighted by molar-refractivity contribution is 5.70. The fourth-order valence-corrected chi connectivity index (χ4v) is 3.57. The van der Waals surface area contributed by atoms with E-state index in [1.807, 2.05) is 48.0 Å². The minimum Gasteiger partial charge on any atom is -0.234 e. The molecular formula is C24H22N4. The van der Waals surface area contributed by atoms with Gasteiger partial charge in [0.05, 0.1) is 17.3 Å². The summed E-state index contributed by atoms with van der Waals surface area (Å²) in [4.78, 5) is 4.73. The average Bonchev–Trinajstić information content (AvgIpc) is 3.05. The average molecular weight is 366 g/mol. The Balaban J connectivity index is 1.69. The zero-order valence-corrected chi connectivity index (χ0v) is 16.2. The van der Waals surface area contributed by atoms with E-state index in [1.165, 1.54) is 11.1 Å². The van der Waals surface area contributed by atoms with Crippen LogP contribution in [0.1, 0.15) is 41.4 Å². The van der Waals surface area contributed by atoms with Gasteiger partial charge in [0.15, 0.2) is 5.65 Å². The first kappa shape index (κ1) is 17.9. The molecular weight excluding hydrogens is 344 g/mol. The molecule has 0 bridgehead atoms. The number of hydrogen-bond acceptors (Lipinski definition) is 3. The molecule has 28 heavy (non-hydrogen) atoms. The maximum absolute atomic E-state index is 9.34. The fourth-order valence-electron chi connectivity index (χ4n) is 3.57. The van der Waals surface area contributed by atoms with Crippen LogP contribution in [0.15, 0.2) is 60.8 Å². The van der Waals surface area contributed by atoms with Crippen molar-refractivity contribution in [2.45, 2.75) is 33.1 Å². The SMILES string of the molecule is CCCc1nn2ccc(C)nc2c1Cc1ccc(-c2ccccc2C#N)cc1. The van der Waals surface area contributed by atoms with Gasteiger partial charge in [-0.05, 0) is 42.2 Å². The number of aromatic nitrogens is 3. The smallest absolute Gasteiger partial charge is 0.158 e. The minimum absolute atomic E-state index is 0.697. The lowest BCUT2D eigenvalue weighted by molar-refractivity contribution is 0.826. The lowest BCUT2D eigenvalue weighted by atomic mass is 9.97. The number of nitriles is 1. The summed E-state index contributed by atoms with van der Waals surface area (Å²) in [6, 6.07) is 20.4. The normalized spacial score (nSPS) is 10.9. The first-order valence-corrected chi connectivity index (χ1v) is 9.61. The molecule has 0 unspecified atom stereocenters. The van der Waals surface area contributed by atoms with Gasteiger partial charge < -0.3 is 0 Å². The number of aryl methyl sites for hydroxylation is 2. The van der Waals surface area contributed by atoms with E-state index in [1.54, 1.807) is 0 Å². The van der Waals surface area contributed by atoms with E-state index in [4.69, 9.17) is 10.1 Å². The van der Waals surface area contributed by atoms with E-state index in [-0.39, 0.29) is 0 Å². The number of rotatable bonds is 5. The van der Waals surface area contributed by atoms with Gasteiger partial charge in [-0.15, -0.1) is 0 Å². The maximum Gasteiger partial charge on any atom is 0.158 e. The van der Waals surface area contributed by atoms with E-state index in [2.05, 4.69) is 37.3 Å². The van der Waals surface area contributed by atoms with Gasteiger partial charge in [-0.3, -0.25) is 0 Å². The molecule has 2 aromatic heterocycles. The van der Waals surface area contributed by atoms with Crippen molar-refractivity contribution in [2.75, 3.05) is 0 Å².